The van der Waals surface area contributed by atoms with Crippen LogP contribution in [0.2, 0.25) is 0 Å². The molecule has 1 aromatic rings. The summed E-state index contributed by atoms with van der Waals surface area (Å²) < 4.78 is 5.13. The second-order valence-corrected chi connectivity index (χ2v) is 3.77. The van der Waals surface area contributed by atoms with Crippen LogP contribution in [0.5, 0.6) is 0 Å². The minimum atomic E-state index is -0.237. The average molecular weight is 237 g/mol. The lowest BCUT2D eigenvalue weighted by Crippen LogP contribution is -2.39. The van der Waals surface area contributed by atoms with Gasteiger partial charge in [0, 0.05) is 13.0 Å². The summed E-state index contributed by atoms with van der Waals surface area (Å²) in [5, 5.41) is 9.69. The van der Waals surface area contributed by atoms with Crippen molar-refractivity contribution in [1.82, 2.24) is 10.6 Å². The molecule has 1 aliphatic rings. The maximum atomic E-state index is 11.8. The van der Waals surface area contributed by atoms with E-state index in [0.717, 1.165) is 11.5 Å². The Morgan fingerprint density at radius 1 is 1.76 bits per heavy atom. The van der Waals surface area contributed by atoms with Crippen LogP contribution in [-0.4, -0.2) is 31.3 Å². The lowest BCUT2D eigenvalue weighted by atomic mass is 10.2. The molecule has 1 aromatic heterocycles. The fraction of sp³-hybridized carbons (Fsp3) is 0.455. The molecule has 0 aromatic carbocycles. The van der Waals surface area contributed by atoms with Crippen LogP contribution in [0.3, 0.4) is 0 Å². The Kier molecular flexibility index (Phi) is 3.77. The summed E-state index contributed by atoms with van der Waals surface area (Å²) in [5.74, 6) is 0.685. The highest BCUT2D eigenvalue weighted by Gasteiger charge is 2.26. The van der Waals surface area contributed by atoms with Crippen molar-refractivity contribution < 1.29 is 14.0 Å². The zero-order chi connectivity index (χ0) is 12.1. The molecule has 6 heteroatoms. The van der Waals surface area contributed by atoms with Gasteiger partial charge in [-0.1, -0.05) is 5.16 Å². The van der Waals surface area contributed by atoms with E-state index >= 15 is 0 Å². The molecule has 1 aliphatic heterocycles. The standard InChI is InChI=1S/C11H15N3O3/c1-16-14-8-5-10(12-6-8)11(15)13-7-9-3-2-4-17-9/h2-4,10,12H,5-7H2,1H3,(H,13,15). The minimum absolute atomic E-state index is 0.0531. The third kappa shape index (κ3) is 3.07. The lowest BCUT2D eigenvalue weighted by Gasteiger charge is -2.09. The maximum absolute atomic E-state index is 11.8. The summed E-state index contributed by atoms with van der Waals surface area (Å²) in [6.45, 7) is 0.993. The van der Waals surface area contributed by atoms with Crippen LogP contribution in [0.1, 0.15) is 12.2 Å². The number of hydrogen-bond acceptors (Lipinski definition) is 5. The predicted octanol–water partition coefficient (Wildman–Crippen LogP) is 0.260. The molecule has 6 nitrogen and oxygen atoms in total. The van der Waals surface area contributed by atoms with Gasteiger partial charge in [-0.15, -0.1) is 0 Å². The number of nitrogens with zero attached hydrogens (tertiary/aromatic N) is 1. The summed E-state index contributed by atoms with van der Waals surface area (Å²) in [6.07, 6.45) is 2.16. The fourth-order valence-corrected chi connectivity index (χ4v) is 1.72. The van der Waals surface area contributed by atoms with Gasteiger partial charge < -0.3 is 19.9 Å². The number of carbonyl (C=O) groups is 1. The van der Waals surface area contributed by atoms with Crippen LogP contribution in [-0.2, 0) is 16.2 Å². The molecular weight excluding hydrogens is 222 g/mol. The Hall–Kier alpha value is -1.82. The second-order valence-electron chi connectivity index (χ2n) is 3.77. The Morgan fingerprint density at radius 3 is 3.35 bits per heavy atom. The largest absolute Gasteiger partial charge is 0.467 e. The van der Waals surface area contributed by atoms with Crippen LogP contribution in [0.4, 0.5) is 0 Å². The van der Waals surface area contributed by atoms with E-state index in [-0.39, 0.29) is 11.9 Å². The second kappa shape index (κ2) is 5.49. The molecule has 2 heterocycles. The van der Waals surface area contributed by atoms with Crippen LogP contribution in [0.25, 0.3) is 0 Å². The third-order valence-corrected chi connectivity index (χ3v) is 2.55. The summed E-state index contributed by atoms with van der Waals surface area (Å²) >= 11 is 0. The first-order chi connectivity index (χ1) is 8.29. The van der Waals surface area contributed by atoms with Gasteiger partial charge >= 0.3 is 0 Å². The van der Waals surface area contributed by atoms with Crippen LogP contribution < -0.4 is 10.6 Å². The van der Waals surface area contributed by atoms with Crippen molar-refractivity contribution in [3.05, 3.63) is 24.2 Å². The number of furan rings is 1. The van der Waals surface area contributed by atoms with Gasteiger partial charge in [0.15, 0.2) is 0 Å². The summed E-state index contributed by atoms with van der Waals surface area (Å²) in [4.78, 5) is 16.5. The summed E-state index contributed by atoms with van der Waals surface area (Å²) in [6, 6.07) is 3.37. The number of rotatable bonds is 4. The van der Waals surface area contributed by atoms with Crippen molar-refractivity contribution in [2.75, 3.05) is 13.7 Å². The highest BCUT2D eigenvalue weighted by molar-refractivity contribution is 5.96. The zero-order valence-electron chi connectivity index (χ0n) is 9.60. The monoisotopic (exact) mass is 237 g/mol. The molecule has 2 rings (SSSR count). The van der Waals surface area contributed by atoms with Crippen molar-refractivity contribution in [1.29, 1.82) is 0 Å². The van der Waals surface area contributed by atoms with Gasteiger partial charge in [0.2, 0.25) is 5.91 Å². The van der Waals surface area contributed by atoms with E-state index in [4.69, 9.17) is 4.42 Å². The van der Waals surface area contributed by atoms with Crippen molar-refractivity contribution >= 4 is 11.6 Å². The Labute approximate surface area is 99.0 Å². The van der Waals surface area contributed by atoms with Gasteiger partial charge in [-0.25, -0.2) is 0 Å². The van der Waals surface area contributed by atoms with Crippen molar-refractivity contribution in [2.45, 2.75) is 19.0 Å². The lowest BCUT2D eigenvalue weighted by molar-refractivity contribution is -0.122. The first-order valence-electron chi connectivity index (χ1n) is 5.42. The van der Waals surface area contributed by atoms with E-state index < -0.39 is 0 Å². The normalized spacial score (nSPS) is 21.7. The van der Waals surface area contributed by atoms with E-state index in [1.165, 1.54) is 7.11 Å². The van der Waals surface area contributed by atoms with E-state index in [9.17, 15) is 4.79 Å². The molecule has 1 atom stereocenters. The predicted molar refractivity (Wildman–Crippen MR) is 61.4 cm³/mol. The SMILES string of the molecule is CON=C1CNC(C(=O)NCc2ccco2)C1. The minimum Gasteiger partial charge on any atom is -0.467 e. The Balaban J connectivity index is 1.79. The number of nitrogens with one attached hydrogen (secondary N) is 2. The molecule has 1 fully saturated rings. The molecule has 0 aliphatic carbocycles. The molecule has 1 unspecified atom stereocenters. The van der Waals surface area contributed by atoms with Gasteiger partial charge in [0.05, 0.1) is 24.6 Å². The first-order valence-corrected chi connectivity index (χ1v) is 5.42. The van der Waals surface area contributed by atoms with Gasteiger partial charge in [-0.3, -0.25) is 4.79 Å². The van der Waals surface area contributed by atoms with E-state index in [2.05, 4.69) is 20.6 Å². The molecule has 1 amide bonds. The smallest absolute Gasteiger partial charge is 0.237 e. The quantitative estimate of drug-likeness (QED) is 0.736. The first kappa shape index (κ1) is 11.7. The number of oxime groups is 1. The number of hydrogen-bond donors (Lipinski definition) is 2. The van der Waals surface area contributed by atoms with Crippen LogP contribution >= 0.6 is 0 Å². The average Bonchev–Trinajstić information content (AvgIpc) is 2.97. The fourth-order valence-electron chi connectivity index (χ4n) is 1.72. The molecule has 17 heavy (non-hydrogen) atoms. The molecule has 0 radical (unpaired) electrons. The van der Waals surface area contributed by atoms with E-state index in [0.29, 0.717) is 19.5 Å². The maximum Gasteiger partial charge on any atom is 0.237 e. The summed E-state index contributed by atoms with van der Waals surface area (Å²) in [7, 11) is 1.50. The summed E-state index contributed by atoms with van der Waals surface area (Å²) in [5.41, 5.74) is 0.852. The van der Waals surface area contributed by atoms with Gasteiger partial charge in [0.1, 0.15) is 12.9 Å². The molecular formula is C11H15N3O3. The molecule has 92 valence electrons. The molecule has 2 N–H and O–H groups in total. The Morgan fingerprint density at radius 2 is 2.65 bits per heavy atom. The number of amides is 1. The molecule has 1 saturated heterocycles. The highest BCUT2D eigenvalue weighted by Crippen LogP contribution is 2.05. The van der Waals surface area contributed by atoms with Crippen molar-refractivity contribution in [3.8, 4) is 0 Å². The zero-order valence-corrected chi connectivity index (χ0v) is 9.60. The van der Waals surface area contributed by atoms with Gasteiger partial charge in [0.25, 0.3) is 0 Å². The number of carbonyl (C=O) groups excluding carboxylic acids is 1. The Bertz CT molecular complexity index is 400. The van der Waals surface area contributed by atoms with E-state index in [1.807, 2.05) is 6.07 Å². The molecule has 0 bridgehead atoms. The van der Waals surface area contributed by atoms with Crippen molar-refractivity contribution in [3.63, 3.8) is 0 Å². The topological polar surface area (TPSA) is 75.9 Å². The van der Waals surface area contributed by atoms with E-state index in [1.54, 1.807) is 12.3 Å². The van der Waals surface area contributed by atoms with Gasteiger partial charge in [-0.2, -0.15) is 0 Å². The van der Waals surface area contributed by atoms with Gasteiger partial charge in [-0.05, 0) is 12.1 Å². The third-order valence-electron chi connectivity index (χ3n) is 2.55. The van der Waals surface area contributed by atoms with Crippen LogP contribution in [0, 0.1) is 0 Å². The van der Waals surface area contributed by atoms with Crippen molar-refractivity contribution in [2.24, 2.45) is 5.16 Å². The highest BCUT2D eigenvalue weighted by atomic mass is 16.6. The van der Waals surface area contributed by atoms with Crippen LogP contribution in [0.15, 0.2) is 28.0 Å². The molecule has 0 spiro atoms. The molecule has 0 saturated carbocycles.